The van der Waals surface area contributed by atoms with Crippen molar-refractivity contribution in [1.29, 1.82) is 0 Å². The fourth-order valence-corrected chi connectivity index (χ4v) is 2.96. The Morgan fingerprint density at radius 3 is 2.46 bits per heavy atom. The molecule has 122 valence electrons. The zero-order valence-corrected chi connectivity index (χ0v) is 14.0. The number of hydrogen-bond acceptors (Lipinski definition) is 2. The van der Waals surface area contributed by atoms with Crippen LogP contribution in [0.25, 0.3) is 11.1 Å². The van der Waals surface area contributed by atoms with Crippen molar-refractivity contribution in [2.45, 2.75) is 19.3 Å². The van der Waals surface area contributed by atoms with E-state index in [1.807, 2.05) is 55.6 Å². The van der Waals surface area contributed by atoms with Crippen LogP contribution < -0.4 is 5.73 Å². The van der Waals surface area contributed by atoms with Gasteiger partial charge in [0.15, 0.2) is 0 Å². The zero-order valence-electron chi connectivity index (χ0n) is 13.3. The Labute approximate surface area is 145 Å². The molecule has 0 aliphatic carbocycles. The number of carbonyl (C=O) groups is 1. The molecule has 0 fully saturated rings. The van der Waals surface area contributed by atoms with E-state index in [1.54, 1.807) is 6.20 Å². The number of hydrogen-bond donors (Lipinski definition) is 2. The first-order chi connectivity index (χ1) is 11.5. The molecule has 1 atom stereocenters. The maximum absolute atomic E-state index is 11.5. The van der Waals surface area contributed by atoms with E-state index in [1.165, 1.54) is 0 Å². The highest BCUT2D eigenvalue weighted by molar-refractivity contribution is 6.31. The van der Waals surface area contributed by atoms with Crippen molar-refractivity contribution in [2.24, 2.45) is 5.73 Å². The van der Waals surface area contributed by atoms with Crippen molar-refractivity contribution >= 4 is 17.5 Å². The molecule has 0 spiro atoms. The average Bonchev–Trinajstić information content (AvgIpc) is 3.10. The Morgan fingerprint density at radius 2 is 1.88 bits per heavy atom. The molecule has 0 radical (unpaired) electrons. The maximum atomic E-state index is 11.5. The minimum absolute atomic E-state index is 0.112. The summed E-state index contributed by atoms with van der Waals surface area (Å²) in [4.78, 5) is 11.5. The molecule has 1 aromatic heterocycles. The van der Waals surface area contributed by atoms with Gasteiger partial charge in [-0.05, 0) is 35.2 Å². The summed E-state index contributed by atoms with van der Waals surface area (Å²) in [5, 5.41) is 7.45. The van der Waals surface area contributed by atoms with Crippen LogP contribution in [-0.4, -0.2) is 16.1 Å². The van der Waals surface area contributed by atoms with Gasteiger partial charge in [0.05, 0.1) is 6.20 Å². The fourth-order valence-electron chi connectivity index (χ4n) is 2.77. The molecule has 0 aliphatic rings. The van der Waals surface area contributed by atoms with Crippen LogP contribution >= 0.6 is 11.6 Å². The number of rotatable bonds is 5. The quantitative estimate of drug-likeness (QED) is 0.736. The van der Waals surface area contributed by atoms with Gasteiger partial charge in [0, 0.05) is 29.1 Å². The van der Waals surface area contributed by atoms with Gasteiger partial charge in [0.25, 0.3) is 0 Å². The second-order valence-corrected chi connectivity index (χ2v) is 6.25. The van der Waals surface area contributed by atoms with Gasteiger partial charge in [0.1, 0.15) is 0 Å². The molecule has 0 saturated heterocycles. The summed E-state index contributed by atoms with van der Waals surface area (Å²) in [6.45, 7) is 1.95. The van der Waals surface area contributed by atoms with Gasteiger partial charge < -0.3 is 5.73 Å². The minimum Gasteiger partial charge on any atom is -0.370 e. The number of H-pyrrole nitrogens is 1. The summed E-state index contributed by atoms with van der Waals surface area (Å²) in [6.07, 6.45) is 3.86. The predicted molar refractivity (Wildman–Crippen MR) is 95.9 cm³/mol. The molecule has 0 bridgehead atoms. The standard InChI is InChI=1S/C19H18ClN3O/c1-12-2-3-15(8-18(12)20)17(9-19(21)24)14-6-4-13(5-7-14)16-10-22-23-11-16/h2-8,10-11,17H,9H2,1H3,(H2,21,24)(H,22,23). The lowest BCUT2D eigenvalue weighted by Crippen LogP contribution is -2.16. The first kappa shape index (κ1) is 16.3. The number of amides is 1. The first-order valence-corrected chi connectivity index (χ1v) is 8.06. The molecular formula is C19H18ClN3O. The molecule has 2 aromatic carbocycles. The van der Waals surface area contributed by atoms with Crippen LogP contribution in [0.5, 0.6) is 0 Å². The highest BCUT2D eigenvalue weighted by atomic mass is 35.5. The van der Waals surface area contributed by atoms with Gasteiger partial charge in [-0.25, -0.2) is 0 Å². The number of nitrogens with two attached hydrogens (primary N) is 1. The van der Waals surface area contributed by atoms with Crippen LogP contribution in [0, 0.1) is 6.92 Å². The van der Waals surface area contributed by atoms with Gasteiger partial charge >= 0.3 is 0 Å². The third-order valence-corrected chi connectivity index (χ3v) is 4.56. The summed E-state index contributed by atoms with van der Waals surface area (Å²) >= 11 is 6.25. The minimum atomic E-state index is -0.337. The number of nitrogens with one attached hydrogen (secondary N) is 1. The van der Waals surface area contributed by atoms with E-state index in [9.17, 15) is 4.79 Å². The predicted octanol–water partition coefficient (Wildman–Crippen LogP) is 4.05. The van der Waals surface area contributed by atoms with E-state index < -0.39 is 0 Å². The third-order valence-electron chi connectivity index (χ3n) is 4.15. The molecule has 1 heterocycles. The summed E-state index contributed by atoms with van der Waals surface area (Å²) < 4.78 is 0. The van der Waals surface area contributed by atoms with E-state index in [4.69, 9.17) is 17.3 Å². The number of carbonyl (C=O) groups excluding carboxylic acids is 1. The molecule has 0 aliphatic heterocycles. The van der Waals surface area contributed by atoms with E-state index in [2.05, 4.69) is 10.2 Å². The van der Waals surface area contributed by atoms with Crippen molar-refractivity contribution < 1.29 is 4.79 Å². The van der Waals surface area contributed by atoms with Gasteiger partial charge in [-0.2, -0.15) is 5.10 Å². The lowest BCUT2D eigenvalue weighted by molar-refractivity contribution is -0.118. The van der Waals surface area contributed by atoms with Crippen LogP contribution in [0.15, 0.2) is 54.9 Å². The van der Waals surface area contributed by atoms with Crippen molar-refractivity contribution in [2.75, 3.05) is 0 Å². The number of aromatic amines is 1. The topological polar surface area (TPSA) is 71.8 Å². The summed E-state index contributed by atoms with van der Waals surface area (Å²) in [5.74, 6) is -0.449. The fraction of sp³-hybridized carbons (Fsp3) is 0.158. The first-order valence-electron chi connectivity index (χ1n) is 7.68. The van der Waals surface area contributed by atoms with Crippen LogP contribution in [0.2, 0.25) is 5.02 Å². The van der Waals surface area contributed by atoms with E-state index in [0.29, 0.717) is 5.02 Å². The van der Waals surface area contributed by atoms with Crippen LogP contribution in [0.3, 0.4) is 0 Å². The van der Waals surface area contributed by atoms with Gasteiger partial charge in [0.2, 0.25) is 5.91 Å². The Bertz CT molecular complexity index is 842. The summed E-state index contributed by atoms with van der Waals surface area (Å²) in [6, 6.07) is 13.9. The van der Waals surface area contributed by atoms with Crippen LogP contribution in [-0.2, 0) is 4.79 Å². The second-order valence-electron chi connectivity index (χ2n) is 5.84. The zero-order chi connectivity index (χ0) is 17.1. The molecule has 0 saturated carbocycles. The number of aromatic nitrogens is 2. The highest BCUT2D eigenvalue weighted by Gasteiger charge is 2.18. The molecule has 3 N–H and O–H groups in total. The van der Waals surface area contributed by atoms with Gasteiger partial charge in [-0.15, -0.1) is 0 Å². The lowest BCUT2D eigenvalue weighted by Gasteiger charge is -2.18. The maximum Gasteiger partial charge on any atom is 0.218 e. The molecule has 5 heteroatoms. The van der Waals surface area contributed by atoms with Gasteiger partial charge in [-0.1, -0.05) is 48.0 Å². The summed E-state index contributed by atoms with van der Waals surface area (Å²) in [7, 11) is 0. The number of benzene rings is 2. The van der Waals surface area contributed by atoms with Crippen molar-refractivity contribution in [3.63, 3.8) is 0 Å². The molecule has 3 aromatic rings. The monoisotopic (exact) mass is 339 g/mol. The molecule has 1 amide bonds. The Kier molecular flexibility index (Phi) is 4.67. The normalized spacial score (nSPS) is 12.1. The number of primary amides is 1. The Balaban J connectivity index is 1.96. The van der Waals surface area contributed by atoms with Crippen molar-refractivity contribution in [3.05, 3.63) is 76.6 Å². The van der Waals surface area contributed by atoms with Crippen molar-refractivity contribution in [1.82, 2.24) is 10.2 Å². The van der Waals surface area contributed by atoms with Crippen LogP contribution in [0.4, 0.5) is 0 Å². The molecule has 3 rings (SSSR count). The number of halogens is 1. The number of aryl methyl sites for hydroxylation is 1. The SMILES string of the molecule is Cc1ccc(C(CC(N)=O)c2ccc(-c3cn[nH]c3)cc2)cc1Cl. The Hall–Kier alpha value is -2.59. The number of nitrogens with zero attached hydrogens (tertiary/aromatic N) is 1. The molecule has 4 nitrogen and oxygen atoms in total. The second kappa shape index (κ2) is 6.89. The third kappa shape index (κ3) is 3.49. The largest absolute Gasteiger partial charge is 0.370 e. The summed E-state index contributed by atoms with van der Waals surface area (Å²) in [5.41, 5.74) is 10.6. The average molecular weight is 340 g/mol. The highest BCUT2D eigenvalue weighted by Crippen LogP contribution is 2.32. The van der Waals surface area contributed by atoms with Crippen molar-refractivity contribution in [3.8, 4) is 11.1 Å². The van der Waals surface area contributed by atoms with Crippen LogP contribution in [0.1, 0.15) is 29.0 Å². The van der Waals surface area contributed by atoms with E-state index >= 15 is 0 Å². The lowest BCUT2D eigenvalue weighted by atomic mass is 9.87. The molecule has 1 unspecified atom stereocenters. The molecular weight excluding hydrogens is 322 g/mol. The van der Waals surface area contributed by atoms with E-state index in [0.717, 1.165) is 27.8 Å². The van der Waals surface area contributed by atoms with Gasteiger partial charge in [-0.3, -0.25) is 9.89 Å². The molecule has 24 heavy (non-hydrogen) atoms. The van der Waals surface area contributed by atoms with E-state index in [-0.39, 0.29) is 18.2 Å². The Morgan fingerprint density at radius 1 is 1.17 bits per heavy atom. The smallest absolute Gasteiger partial charge is 0.218 e.